The average Bonchev–Trinajstić information content (AvgIpc) is 3.23. The molecular weight excluding hydrogens is 482 g/mol. The number of nitrogens with zero attached hydrogens (tertiary/aromatic N) is 3. The summed E-state index contributed by atoms with van der Waals surface area (Å²) in [6, 6.07) is 8.22. The lowest BCUT2D eigenvalue weighted by Gasteiger charge is -2.42. The van der Waals surface area contributed by atoms with Crippen LogP contribution in [0, 0.1) is 17.8 Å². The molecule has 0 saturated carbocycles. The van der Waals surface area contributed by atoms with Crippen LogP contribution in [0.2, 0.25) is 0 Å². The highest BCUT2D eigenvalue weighted by atomic mass is 16.5. The number of carbonyl (C=O) groups is 3. The third-order valence-corrected chi connectivity index (χ3v) is 9.22. The summed E-state index contributed by atoms with van der Waals surface area (Å²) in [6.07, 6.45) is 8.87. The molecule has 1 aromatic rings. The molecule has 4 aliphatic heterocycles. The fourth-order valence-electron chi connectivity index (χ4n) is 6.99. The van der Waals surface area contributed by atoms with Gasteiger partial charge in [-0.3, -0.25) is 14.4 Å². The fourth-order valence-corrected chi connectivity index (χ4v) is 6.99. The van der Waals surface area contributed by atoms with Crippen LogP contribution in [0.15, 0.2) is 54.6 Å². The summed E-state index contributed by atoms with van der Waals surface area (Å²) < 4.78 is 6.96. The normalized spacial score (nSPS) is 34.1. The smallest absolute Gasteiger partial charge is 0.249 e. The lowest BCUT2D eigenvalue weighted by molar-refractivity contribution is -0.158. The van der Waals surface area contributed by atoms with Crippen molar-refractivity contribution in [2.45, 2.75) is 63.4 Å². The lowest BCUT2D eigenvalue weighted by Crippen LogP contribution is -2.59. The minimum Gasteiger partial charge on any atom is -0.394 e. The van der Waals surface area contributed by atoms with Crippen LogP contribution in [-0.4, -0.2) is 87.6 Å². The number of benzene rings is 1. The molecule has 7 atom stereocenters. The van der Waals surface area contributed by atoms with Gasteiger partial charge in [0.05, 0.1) is 30.1 Å². The van der Waals surface area contributed by atoms with Crippen LogP contribution in [-0.2, 0) is 25.7 Å². The number of hydrogen-bond acceptors (Lipinski definition) is 5. The van der Waals surface area contributed by atoms with Crippen molar-refractivity contribution in [3.8, 4) is 0 Å². The van der Waals surface area contributed by atoms with Gasteiger partial charge in [0.1, 0.15) is 11.6 Å². The quantitative estimate of drug-likeness (QED) is 0.557. The molecule has 8 nitrogen and oxygen atoms in total. The molecule has 2 saturated heterocycles. The number of amides is 3. The zero-order valence-electron chi connectivity index (χ0n) is 22.7. The molecule has 0 aliphatic carbocycles. The molecule has 38 heavy (non-hydrogen) atoms. The maximum atomic E-state index is 14.5. The zero-order valence-corrected chi connectivity index (χ0v) is 22.7. The first-order chi connectivity index (χ1) is 18.2. The molecule has 204 valence electrons. The predicted octanol–water partition coefficient (Wildman–Crippen LogP) is 2.38. The first-order valence-corrected chi connectivity index (χ1v) is 13.8. The van der Waals surface area contributed by atoms with E-state index in [1.165, 1.54) is 0 Å². The fraction of sp³-hybridized carbons (Fsp3) is 0.567. The zero-order chi connectivity index (χ0) is 27.2. The Balaban J connectivity index is 1.67. The number of likely N-dealkylation sites (tertiary alicyclic amines) is 1. The number of likely N-dealkylation sites (N-methyl/N-ethyl adjacent to an activating group) is 1. The Morgan fingerprint density at radius 1 is 1.00 bits per heavy atom. The lowest BCUT2D eigenvalue weighted by atomic mass is 9.73. The van der Waals surface area contributed by atoms with Crippen molar-refractivity contribution < 1.29 is 24.2 Å². The average molecular weight is 522 g/mol. The molecule has 3 amide bonds. The molecule has 0 bridgehead atoms. The van der Waals surface area contributed by atoms with Crippen molar-refractivity contribution in [1.29, 1.82) is 0 Å². The molecule has 1 aromatic carbocycles. The van der Waals surface area contributed by atoms with Gasteiger partial charge in [-0.05, 0) is 17.9 Å². The third-order valence-electron chi connectivity index (χ3n) is 9.22. The van der Waals surface area contributed by atoms with Crippen molar-refractivity contribution in [2.75, 3.05) is 26.7 Å². The van der Waals surface area contributed by atoms with Gasteiger partial charge in [-0.15, -0.1) is 0 Å². The molecule has 0 aromatic heterocycles. The van der Waals surface area contributed by atoms with Crippen LogP contribution in [0.1, 0.15) is 39.2 Å². The first-order valence-electron chi connectivity index (χ1n) is 13.8. The number of carbonyl (C=O) groups excluding carboxylic acids is 3. The van der Waals surface area contributed by atoms with Crippen molar-refractivity contribution in [3.05, 3.63) is 60.2 Å². The van der Waals surface area contributed by atoms with E-state index in [1.807, 2.05) is 75.4 Å². The largest absolute Gasteiger partial charge is 0.394 e. The number of fused-ring (bicyclic) bond motifs is 2. The van der Waals surface area contributed by atoms with Gasteiger partial charge in [0.25, 0.3) is 0 Å². The van der Waals surface area contributed by atoms with Crippen LogP contribution < -0.4 is 0 Å². The second-order valence-electron chi connectivity index (χ2n) is 11.2. The van der Waals surface area contributed by atoms with E-state index in [0.717, 1.165) is 12.0 Å². The van der Waals surface area contributed by atoms with E-state index in [0.29, 0.717) is 26.1 Å². The monoisotopic (exact) mass is 521 g/mol. The highest BCUT2D eigenvalue weighted by Crippen LogP contribution is 2.59. The minimum atomic E-state index is -1.31. The number of hydrogen-bond donors (Lipinski definition) is 1. The van der Waals surface area contributed by atoms with Crippen LogP contribution in [0.4, 0.5) is 0 Å². The molecule has 2 fully saturated rings. The Hall–Kier alpha value is -2.97. The van der Waals surface area contributed by atoms with Crippen LogP contribution >= 0.6 is 0 Å². The van der Waals surface area contributed by atoms with Crippen molar-refractivity contribution in [1.82, 2.24) is 14.7 Å². The second-order valence-corrected chi connectivity index (χ2v) is 11.2. The minimum absolute atomic E-state index is 0.0502. The van der Waals surface area contributed by atoms with Gasteiger partial charge in [0.2, 0.25) is 17.7 Å². The van der Waals surface area contributed by atoms with E-state index in [1.54, 1.807) is 21.7 Å². The number of aliphatic hydroxyl groups is 1. The Morgan fingerprint density at radius 2 is 1.71 bits per heavy atom. The Bertz CT molecular complexity index is 1150. The molecule has 0 radical (unpaired) electrons. The highest BCUT2D eigenvalue weighted by molar-refractivity contribution is 6.00. The first kappa shape index (κ1) is 26.6. The highest BCUT2D eigenvalue weighted by Gasteiger charge is 2.75. The summed E-state index contributed by atoms with van der Waals surface area (Å²) in [5, 5.41) is 10.5. The van der Waals surface area contributed by atoms with Crippen molar-refractivity contribution >= 4 is 17.7 Å². The van der Waals surface area contributed by atoms with Crippen molar-refractivity contribution in [3.63, 3.8) is 0 Å². The summed E-state index contributed by atoms with van der Waals surface area (Å²) in [6.45, 7) is 6.88. The number of rotatable bonds is 7. The van der Waals surface area contributed by atoms with Crippen molar-refractivity contribution in [2.24, 2.45) is 17.8 Å². The van der Waals surface area contributed by atoms with Gasteiger partial charge in [-0.1, -0.05) is 81.8 Å². The van der Waals surface area contributed by atoms with Gasteiger partial charge < -0.3 is 24.5 Å². The molecule has 1 spiro atoms. The molecule has 4 aliphatic rings. The van der Waals surface area contributed by atoms with Gasteiger partial charge in [-0.2, -0.15) is 0 Å². The summed E-state index contributed by atoms with van der Waals surface area (Å²) in [7, 11) is 1.74. The molecule has 8 heteroatoms. The van der Waals surface area contributed by atoms with Crippen LogP contribution in [0.5, 0.6) is 0 Å². The number of aliphatic hydroxyl groups excluding tert-OH is 1. The van der Waals surface area contributed by atoms with E-state index in [9.17, 15) is 19.5 Å². The standard InChI is InChI=1S/C30H39N3O5/c1-5-20(3)22(19-34)33-25-28(37)32(18-21-12-8-7-9-13-21)17-11-15-30(25)24(27(33)36)23-26(35)31(4)16-10-14-29(23,6-2)38-30/h7-15,20,22-25,34H,5-6,16-19H2,1-4H3/t20-,22-,23-,24-,25?,29+,30-/m0/s1. The maximum absolute atomic E-state index is 14.5. The van der Waals surface area contributed by atoms with Gasteiger partial charge in [-0.25, -0.2) is 0 Å². The SMILES string of the molecule is CC[C@H](C)[C@H](CO)N1C(=O)[C@@H]2[C@H]3C(=O)N(C)CC=C[C@@]3(CC)O[C@@]23C=CCN(Cc2ccccc2)C(=O)C13. The summed E-state index contributed by atoms with van der Waals surface area (Å²) >= 11 is 0. The molecule has 1 unspecified atom stereocenters. The summed E-state index contributed by atoms with van der Waals surface area (Å²) in [4.78, 5) is 47.8. The molecule has 5 rings (SSSR count). The number of ether oxygens (including phenoxy) is 1. The van der Waals surface area contributed by atoms with E-state index >= 15 is 0 Å². The second kappa shape index (κ2) is 9.97. The predicted molar refractivity (Wildman–Crippen MR) is 143 cm³/mol. The van der Waals surface area contributed by atoms with Gasteiger partial charge in [0.15, 0.2) is 0 Å². The van der Waals surface area contributed by atoms with E-state index in [4.69, 9.17) is 4.74 Å². The third kappa shape index (κ3) is 3.83. The van der Waals surface area contributed by atoms with E-state index < -0.39 is 35.1 Å². The summed E-state index contributed by atoms with van der Waals surface area (Å²) in [5.41, 5.74) is -1.31. The molecule has 4 heterocycles. The van der Waals surface area contributed by atoms with E-state index in [-0.39, 0.29) is 30.2 Å². The Kier molecular flexibility index (Phi) is 6.99. The van der Waals surface area contributed by atoms with Crippen LogP contribution in [0.25, 0.3) is 0 Å². The Labute approximate surface area is 224 Å². The van der Waals surface area contributed by atoms with Gasteiger partial charge in [0, 0.05) is 26.7 Å². The Morgan fingerprint density at radius 3 is 2.37 bits per heavy atom. The molecule has 1 N–H and O–H groups in total. The van der Waals surface area contributed by atoms with Crippen LogP contribution in [0.3, 0.4) is 0 Å². The van der Waals surface area contributed by atoms with Gasteiger partial charge >= 0.3 is 0 Å². The van der Waals surface area contributed by atoms with E-state index in [2.05, 4.69) is 0 Å². The maximum Gasteiger partial charge on any atom is 0.249 e. The topological polar surface area (TPSA) is 90.4 Å². The summed E-state index contributed by atoms with van der Waals surface area (Å²) in [5.74, 6) is -2.32. The molecular formula is C30H39N3O5.